The molecule has 0 radical (unpaired) electrons. The number of nitrogens with one attached hydrogen (secondary N) is 1. The number of thiophene rings is 1. The Hall–Kier alpha value is -3.37. The van der Waals surface area contributed by atoms with Crippen molar-refractivity contribution >= 4 is 46.7 Å². The van der Waals surface area contributed by atoms with Crippen molar-refractivity contribution in [2.45, 2.75) is 32.4 Å². The van der Waals surface area contributed by atoms with Crippen LogP contribution >= 0.6 is 22.9 Å². The number of hydrogen-bond acceptors (Lipinski definition) is 6. The number of amides is 2. The van der Waals surface area contributed by atoms with Crippen LogP contribution in [0.15, 0.2) is 42.5 Å². The zero-order valence-corrected chi connectivity index (χ0v) is 22.0. The summed E-state index contributed by atoms with van der Waals surface area (Å²) in [6.45, 7) is 4.41. The van der Waals surface area contributed by atoms with Crippen LogP contribution < -0.4 is 5.32 Å². The van der Waals surface area contributed by atoms with E-state index in [1.807, 2.05) is 32.0 Å². The minimum Gasteiger partial charge on any atom is -0.480 e. The molecule has 0 bridgehead atoms. The average Bonchev–Trinajstić information content (AvgIpc) is 3.51. The number of benzene rings is 1. The van der Waals surface area contributed by atoms with Gasteiger partial charge in [0.2, 0.25) is 0 Å². The minimum absolute atomic E-state index is 0.187. The number of halogens is 1. The molecule has 3 aromatic rings. The molecule has 4 rings (SSSR count). The number of hydrogen-bond donors (Lipinski definition) is 2. The molecule has 3 unspecified atom stereocenters. The molecule has 0 saturated carbocycles. The Labute approximate surface area is 218 Å². The van der Waals surface area contributed by atoms with Gasteiger partial charge in [-0.3, -0.25) is 4.79 Å². The lowest BCUT2D eigenvalue weighted by Crippen LogP contribution is -2.47. The number of carbonyl (C=O) groups is 3. The summed E-state index contributed by atoms with van der Waals surface area (Å²) in [6.07, 6.45) is 0. The summed E-state index contributed by atoms with van der Waals surface area (Å²) in [5, 5.41) is 18.1. The van der Waals surface area contributed by atoms with Crippen LogP contribution in [-0.4, -0.2) is 69.3 Å². The van der Waals surface area contributed by atoms with E-state index in [9.17, 15) is 19.5 Å². The number of carbonyl (C=O) groups excluding carboxylic acids is 2. The Bertz CT molecular complexity index is 1290. The molecule has 1 saturated heterocycles. The topological polar surface area (TPSA) is 108 Å². The van der Waals surface area contributed by atoms with Gasteiger partial charge in [-0.25, -0.2) is 9.59 Å². The molecule has 190 valence electrons. The summed E-state index contributed by atoms with van der Waals surface area (Å²) in [7, 11) is 3.19. The van der Waals surface area contributed by atoms with E-state index >= 15 is 0 Å². The maximum absolute atomic E-state index is 13.5. The molecular formula is C25H28ClN5O4S. The van der Waals surface area contributed by atoms with Crippen molar-refractivity contribution in [1.82, 2.24) is 19.6 Å². The Morgan fingerprint density at radius 2 is 1.89 bits per heavy atom. The normalized spacial score (nSPS) is 19.4. The molecule has 11 heteroatoms. The predicted octanol–water partition coefficient (Wildman–Crippen LogP) is 4.38. The van der Waals surface area contributed by atoms with Gasteiger partial charge in [-0.05, 0) is 37.1 Å². The highest BCUT2D eigenvalue weighted by Crippen LogP contribution is 2.41. The fourth-order valence-electron chi connectivity index (χ4n) is 4.71. The first-order valence-corrected chi connectivity index (χ1v) is 12.7. The zero-order chi connectivity index (χ0) is 26.1. The first kappa shape index (κ1) is 25.7. The SMILES string of the molecule is Cc1c(C2C(C)CN(C(=O)N(C)C)C2C(=O)O)nn(C(=O)c2ccccc2)c1NCc1ccc(Cl)s1. The largest absolute Gasteiger partial charge is 0.480 e. The molecule has 1 aliphatic rings. The first-order valence-electron chi connectivity index (χ1n) is 11.5. The average molecular weight is 530 g/mol. The van der Waals surface area contributed by atoms with Gasteiger partial charge in [0.15, 0.2) is 0 Å². The number of carboxylic acid groups (broad SMARTS) is 1. The van der Waals surface area contributed by atoms with Crippen LogP contribution in [0.4, 0.5) is 10.6 Å². The number of aliphatic carboxylic acids is 1. The second-order valence-corrected chi connectivity index (χ2v) is 10.9. The van der Waals surface area contributed by atoms with Gasteiger partial charge in [0, 0.05) is 42.6 Å². The van der Waals surface area contributed by atoms with Gasteiger partial charge in [0.05, 0.1) is 16.6 Å². The van der Waals surface area contributed by atoms with Crippen molar-refractivity contribution in [2.24, 2.45) is 5.92 Å². The standard InChI is InChI=1S/C25H28ClN5O4S/c1-14-13-30(25(35)29(3)4)21(24(33)34)19(14)20-15(2)22(27-12-17-10-11-18(26)36-17)31(28-20)23(32)16-8-6-5-7-9-16/h5-11,14,19,21,27H,12-13H2,1-4H3,(H,33,34). The van der Waals surface area contributed by atoms with Crippen molar-refractivity contribution in [1.29, 1.82) is 0 Å². The van der Waals surface area contributed by atoms with Crippen molar-refractivity contribution in [3.8, 4) is 0 Å². The van der Waals surface area contributed by atoms with E-state index in [-0.39, 0.29) is 24.4 Å². The summed E-state index contributed by atoms with van der Waals surface area (Å²) in [5.74, 6) is -1.74. The van der Waals surface area contributed by atoms with Crippen LogP contribution in [0.1, 0.15) is 39.3 Å². The van der Waals surface area contributed by atoms with Crippen LogP contribution in [0, 0.1) is 12.8 Å². The predicted molar refractivity (Wildman–Crippen MR) is 139 cm³/mol. The Balaban J connectivity index is 1.78. The maximum atomic E-state index is 13.5. The van der Waals surface area contributed by atoms with E-state index in [2.05, 4.69) is 10.4 Å². The third kappa shape index (κ3) is 4.83. The van der Waals surface area contributed by atoms with Gasteiger partial charge in [-0.2, -0.15) is 9.78 Å². The number of carboxylic acids is 1. The van der Waals surface area contributed by atoms with E-state index < -0.39 is 17.9 Å². The van der Waals surface area contributed by atoms with E-state index in [0.717, 1.165) is 4.88 Å². The smallest absolute Gasteiger partial charge is 0.327 e. The number of anilines is 1. The maximum Gasteiger partial charge on any atom is 0.327 e. The van der Waals surface area contributed by atoms with E-state index in [1.54, 1.807) is 38.4 Å². The number of rotatable bonds is 6. The number of urea groups is 1. The first-order chi connectivity index (χ1) is 17.1. The second-order valence-electron chi connectivity index (χ2n) is 9.12. The molecular weight excluding hydrogens is 502 g/mol. The minimum atomic E-state index is -1.11. The van der Waals surface area contributed by atoms with Crippen molar-refractivity contribution in [3.05, 3.63) is 68.5 Å². The van der Waals surface area contributed by atoms with Gasteiger partial charge >= 0.3 is 12.0 Å². The molecule has 9 nitrogen and oxygen atoms in total. The third-order valence-corrected chi connectivity index (χ3v) is 7.63. The van der Waals surface area contributed by atoms with Gasteiger partial charge in [-0.1, -0.05) is 36.7 Å². The van der Waals surface area contributed by atoms with Crippen LogP contribution in [-0.2, 0) is 11.3 Å². The van der Waals surface area contributed by atoms with Crippen molar-refractivity contribution in [3.63, 3.8) is 0 Å². The summed E-state index contributed by atoms with van der Waals surface area (Å²) < 4.78 is 1.96. The Morgan fingerprint density at radius 3 is 2.47 bits per heavy atom. The molecule has 0 aliphatic carbocycles. The van der Waals surface area contributed by atoms with E-state index in [4.69, 9.17) is 11.6 Å². The monoisotopic (exact) mass is 529 g/mol. The van der Waals surface area contributed by atoms with Gasteiger partial charge in [0.25, 0.3) is 5.91 Å². The second kappa shape index (κ2) is 10.3. The molecule has 3 heterocycles. The van der Waals surface area contributed by atoms with Gasteiger partial charge in [-0.15, -0.1) is 11.3 Å². The summed E-state index contributed by atoms with van der Waals surface area (Å²) in [6, 6.07) is 11.0. The highest BCUT2D eigenvalue weighted by Gasteiger charge is 2.49. The van der Waals surface area contributed by atoms with Gasteiger partial charge in [0.1, 0.15) is 11.9 Å². The zero-order valence-electron chi connectivity index (χ0n) is 20.4. The fraction of sp³-hybridized carbons (Fsp3) is 0.360. The highest BCUT2D eigenvalue weighted by atomic mass is 35.5. The molecule has 3 atom stereocenters. The van der Waals surface area contributed by atoms with Crippen LogP contribution in [0.5, 0.6) is 0 Å². The molecule has 0 spiro atoms. The van der Waals surface area contributed by atoms with Crippen molar-refractivity contribution < 1.29 is 19.5 Å². The molecule has 2 N–H and O–H groups in total. The molecule has 1 aromatic carbocycles. The number of likely N-dealkylation sites (tertiary alicyclic amines) is 1. The lowest BCUT2D eigenvalue weighted by molar-refractivity contribution is -0.141. The number of aromatic nitrogens is 2. The van der Waals surface area contributed by atoms with E-state index in [0.29, 0.717) is 33.5 Å². The molecule has 36 heavy (non-hydrogen) atoms. The summed E-state index contributed by atoms with van der Waals surface area (Å²) >= 11 is 7.50. The number of nitrogens with zero attached hydrogens (tertiary/aromatic N) is 4. The Morgan fingerprint density at radius 1 is 1.19 bits per heavy atom. The van der Waals surface area contributed by atoms with Gasteiger partial charge < -0.3 is 20.2 Å². The lowest BCUT2D eigenvalue weighted by Gasteiger charge is -2.27. The fourth-order valence-corrected chi connectivity index (χ4v) is 5.73. The third-order valence-electron chi connectivity index (χ3n) is 6.40. The molecule has 2 aromatic heterocycles. The van der Waals surface area contributed by atoms with E-state index in [1.165, 1.54) is 25.8 Å². The summed E-state index contributed by atoms with van der Waals surface area (Å²) in [5.41, 5.74) is 1.61. The quantitative estimate of drug-likeness (QED) is 0.490. The highest BCUT2D eigenvalue weighted by molar-refractivity contribution is 7.16. The van der Waals surface area contributed by atoms with Crippen LogP contribution in [0.3, 0.4) is 0 Å². The van der Waals surface area contributed by atoms with Crippen molar-refractivity contribution in [2.75, 3.05) is 26.0 Å². The van der Waals surface area contributed by atoms with Crippen LogP contribution in [0.2, 0.25) is 4.34 Å². The van der Waals surface area contributed by atoms with Crippen LogP contribution in [0.25, 0.3) is 0 Å². The Kier molecular flexibility index (Phi) is 7.37. The molecule has 1 aliphatic heterocycles. The molecule has 2 amide bonds. The molecule has 1 fully saturated rings. The summed E-state index contributed by atoms with van der Waals surface area (Å²) in [4.78, 5) is 42.4. The lowest BCUT2D eigenvalue weighted by atomic mass is 9.87.